The normalized spacial score (nSPS) is 21.0. The van der Waals surface area contributed by atoms with E-state index in [4.69, 9.17) is 0 Å². The van der Waals surface area contributed by atoms with E-state index in [9.17, 15) is 4.79 Å². The second kappa shape index (κ2) is 8.62. The Kier molecular flexibility index (Phi) is 6.26. The first-order valence-corrected chi connectivity index (χ1v) is 9.46. The summed E-state index contributed by atoms with van der Waals surface area (Å²) >= 11 is 0. The third-order valence-corrected chi connectivity index (χ3v) is 5.46. The summed E-state index contributed by atoms with van der Waals surface area (Å²) in [6, 6.07) is 0. The summed E-state index contributed by atoms with van der Waals surface area (Å²) in [7, 11) is 2.17. The van der Waals surface area contributed by atoms with Crippen LogP contribution in [0, 0.1) is 0 Å². The van der Waals surface area contributed by atoms with E-state index in [2.05, 4.69) is 32.4 Å². The van der Waals surface area contributed by atoms with Gasteiger partial charge in [0.15, 0.2) is 0 Å². The number of aromatic nitrogens is 2. The first-order valence-electron chi connectivity index (χ1n) is 9.46. The van der Waals surface area contributed by atoms with Crippen molar-refractivity contribution in [1.29, 1.82) is 0 Å². The minimum Gasteiger partial charge on any atom is -0.352 e. The van der Waals surface area contributed by atoms with Gasteiger partial charge in [-0.25, -0.2) is 0 Å². The van der Waals surface area contributed by atoms with Crippen LogP contribution in [0.2, 0.25) is 0 Å². The molecule has 3 rings (SSSR count). The van der Waals surface area contributed by atoms with Gasteiger partial charge in [-0.05, 0) is 32.9 Å². The molecule has 1 amide bonds. The fraction of sp³-hybridized carbons (Fsp3) is 0.778. The van der Waals surface area contributed by atoms with Gasteiger partial charge in [-0.3, -0.25) is 9.89 Å². The molecule has 2 fully saturated rings. The summed E-state index contributed by atoms with van der Waals surface area (Å²) in [4.78, 5) is 17.3. The molecule has 6 nitrogen and oxygen atoms in total. The van der Waals surface area contributed by atoms with E-state index in [1.807, 2.05) is 0 Å². The molecule has 1 saturated heterocycles. The van der Waals surface area contributed by atoms with Crippen molar-refractivity contribution >= 4 is 5.91 Å². The van der Waals surface area contributed by atoms with Crippen LogP contribution in [0.5, 0.6) is 0 Å². The number of nitrogens with one attached hydrogen (secondary N) is 2. The molecule has 2 N–H and O–H groups in total. The number of amides is 1. The van der Waals surface area contributed by atoms with Crippen molar-refractivity contribution < 1.29 is 4.79 Å². The molecular weight excluding hydrogens is 302 g/mol. The molecule has 0 radical (unpaired) electrons. The van der Waals surface area contributed by atoms with E-state index in [1.54, 1.807) is 6.20 Å². The maximum Gasteiger partial charge on any atom is 0.254 e. The van der Waals surface area contributed by atoms with E-state index >= 15 is 0 Å². The second-order valence-electron chi connectivity index (χ2n) is 7.29. The van der Waals surface area contributed by atoms with Crippen molar-refractivity contribution in [2.75, 3.05) is 46.3 Å². The van der Waals surface area contributed by atoms with Gasteiger partial charge in [0, 0.05) is 38.6 Å². The number of piperazine rings is 1. The minimum atomic E-state index is 0.0303. The molecule has 134 valence electrons. The smallest absolute Gasteiger partial charge is 0.254 e. The Labute approximate surface area is 145 Å². The Hall–Kier alpha value is -1.40. The molecule has 0 spiro atoms. The topological polar surface area (TPSA) is 64.3 Å². The Morgan fingerprint density at radius 2 is 2.00 bits per heavy atom. The van der Waals surface area contributed by atoms with E-state index in [-0.39, 0.29) is 5.91 Å². The number of carbonyl (C=O) groups excluding carboxylic acids is 1. The Bertz CT molecular complexity index is 515. The molecule has 1 aromatic rings. The van der Waals surface area contributed by atoms with Crippen LogP contribution in [0.3, 0.4) is 0 Å². The van der Waals surface area contributed by atoms with Gasteiger partial charge in [0.25, 0.3) is 5.91 Å². The fourth-order valence-corrected chi connectivity index (χ4v) is 3.85. The maximum atomic E-state index is 12.5. The Morgan fingerprint density at radius 1 is 1.25 bits per heavy atom. The van der Waals surface area contributed by atoms with E-state index in [0.717, 1.165) is 56.9 Å². The highest BCUT2D eigenvalue weighted by atomic mass is 16.1. The highest BCUT2D eigenvalue weighted by Gasteiger charge is 2.23. The highest BCUT2D eigenvalue weighted by Crippen LogP contribution is 2.33. The van der Waals surface area contributed by atoms with E-state index in [1.165, 1.54) is 32.1 Å². The summed E-state index contributed by atoms with van der Waals surface area (Å²) in [6.07, 6.45) is 8.88. The molecule has 0 atom stereocenters. The van der Waals surface area contributed by atoms with E-state index in [0.29, 0.717) is 5.92 Å². The SMILES string of the molecule is CN1CCN(CCCNC(=O)c2cn[nH]c2C2CCCCC2)CC1. The van der Waals surface area contributed by atoms with Crippen molar-refractivity contribution in [1.82, 2.24) is 25.3 Å². The van der Waals surface area contributed by atoms with Gasteiger partial charge in [0.05, 0.1) is 17.5 Å². The standard InChI is InChI=1S/C18H31N5O/c1-22-10-12-23(13-11-22)9-5-8-19-18(24)16-14-20-21-17(16)15-6-3-2-4-7-15/h14-15H,2-13H2,1H3,(H,19,24)(H,20,21). The van der Waals surface area contributed by atoms with Gasteiger partial charge >= 0.3 is 0 Å². The lowest BCUT2D eigenvalue weighted by Crippen LogP contribution is -2.45. The monoisotopic (exact) mass is 333 g/mol. The van der Waals surface area contributed by atoms with Crippen molar-refractivity contribution in [3.05, 3.63) is 17.5 Å². The molecule has 2 heterocycles. The number of likely N-dealkylation sites (N-methyl/N-ethyl adjacent to an activating group) is 1. The Morgan fingerprint density at radius 3 is 2.75 bits per heavy atom. The zero-order chi connectivity index (χ0) is 16.8. The number of carbonyl (C=O) groups is 1. The van der Waals surface area contributed by atoms with Crippen LogP contribution in [0.15, 0.2) is 6.20 Å². The Balaban J connectivity index is 1.41. The van der Waals surface area contributed by atoms with Crippen molar-refractivity contribution in [3.63, 3.8) is 0 Å². The molecule has 2 aliphatic rings. The molecule has 1 saturated carbocycles. The molecule has 1 aliphatic carbocycles. The summed E-state index contributed by atoms with van der Waals surface area (Å²) in [5, 5.41) is 10.3. The first kappa shape index (κ1) is 17.4. The van der Waals surface area contributed by atoms with Crippen molar-refractivity contribution in [2.45, 2.75) is 44.4 Å². The lowest BCUT2D eigenvalue weighted by atomic mass is 9.85. The van der Waals surface area contributed by atoms with Gasteiger partial charge in [-0.2, -0.15) is 5.10 Å². The minimum absolute atomic E-state index is 0.0303. The molecule has 0 aromatic carbocycles. The fourth-order valence-electron chi connectivity index (χ4n) is 3.85. The molecule has 24 heavy (non-hydrogen) atoms. The summed E-state index contributed by atoms with van der Waals surface area (Å²) < 4.78 is 0. The maximum absolute atomic E-state index is 12.5. The summed E-state index contributed by atoms with van der Waals surface area (Å²) in [5.74, 6) is 0.509. The lowest BCUT2D eigenvalue weighted by Gasteiger charge is -2.32. The number of H-pyrrole nitrogens is 1. The van der Waals surface area contributed by atoms with Crippen LogP contribution in [0.1, 0.15) is 60.5 Å². The van der Waals surface area contributed by atoms with Crippen LogP contribution >= 0.6 is 0 Å². The third-order valence-electron chi connectivity index (χ3n) is 5.46. The lowest BCUT2D eigenvalue weighted by molar-refractivity contribution is 0.0947. The second-order valence-corrected chi connectivity index (χ2v) is 7.29. The van der Waals surface area contributed by atoms with Crippen molar-refractivity contribution in [3.8, 4) is 0 Å². The number of hydrogen-bond donors (Lipinski definition) is 2. The average molecular weight is 333 g/mol. The summed E-state index contributed by atoms with van der Waals surface area (Å²) in [6.45, 7) is 6.36. The number of hydrogen-bond acceptors (Lipinski definition) is 4. The first-order chi connectivity index (χ1) is 11.7. The van der Waals surface area contributed by atoms with Gasteiger partial charge in [-0.1, -0.05) is 19.3 Å². The molecular formula is C18H31N5O. The molecule has 1 aliphatic heterocycles. The molecule has 1 aromatic heterocycles. The zero-order valence-corrected chi connectivity index (χ0v) is 14.9. The molecule has 6 heteroatoms. The molecule has 0 unspecified atom stereocenters. The number of rotatable bonds is 6. The van der Waals surface area contributed by atoms with E-state index < -0.39 is 0 Å². The van der Waals surface area contributed by atoms with Crippen LogP contribution in [-0.4, -0.2) is 72.2 Å². The predicted octanol–water partition coefficient (Wildman–Crippen LogP) is 1.82. The van der Waals surface area contributed by atoms with Gasteiger partial charge in [0.2, 0.25) is 0 Å². The van der Waals surface area contributed by atoms with Crippen LogP contribution in [0.25, 0.3) is 0 Å². The van der Waals surface area contributed by atoms with Gasteiger partial charge in [-0.15, -0.1) is 0 Å². The van der Waals surface area contributed by atoms with Gasteiger partial charge < -0.3 is 15.1 Å². The van der Waals surface area contributed by atoms with Crippen LogP contribution in [-0.2, 0) is 0 Å². The third kappa shape index (κ3) is 4.57. The predicted molar refractivity (Wildman–Crippen MR) is 95.3 cm³/mol. The van der Waals surface area contributed by atoms with Gasteiger partial charge in [0.1, 0.15) is 0 Å². The average Bonchev–Trinajstić information content (AvgIpc) is 3.11. The zero-order valence-electron chi connectivity index (χ0n) is 14.9. The quantitative estimate of drug-likeness (QED) is 0.780. The van der Waals surface area contributed by atoms with Crippen LogP contribution < -0.4 is 5.32 Å². The highest BCUT2D eigenvalue weighted by molar-refractivity contribution is 5.95. The number of nitrogens with zero attached hydrogens (tertiary/aromatic N) is 3. The largest absolute Gasteiger partial charge is 0.352 e. The number of aromatic amines is 1. The van der Waals surface area contributed by atoms with Crippen molar-refractivity contribution in [2.24, 2.45) is 0 Å². The molecule has 0 bridgehead atoms. The van der Waals surface area contributed by atoms with Crippen LogP contribution in [0.4, 0.5) is 0 Å². The summed E-state index contributed by atoms with van der Waals surface area (Å²) in [5.41, 5.74) is 1.80.